The second kappa shape index (κ2) is 5.55. The number of nitrogens with one attached hydrogen (secondary N) is 1. The zero-order valence-electron chi connectivity index (χ0n) is 11.0. The van der Waals surface area contributed by atoms with E-state index in [0.29, 0.717) is 0 Å². The molecule has 0 atom stereocenters. The third-order valence-corrected chi connectivity index (χ3v) is 3.57. The summed E-state index contributed by atoms with van der Waals surface area (Å²) in [6.45, 7) is 8.23. The van der Waals surface area contributed by atoms with Crippen LogP contribution < -0.4 is 5.32 Å². The van der Waals surface area contributed by atoms with Gasteiger partial charge in [-0.25, -0.2) is 4.39 Å². The van der Waals surface area contributed by atoms with Gasteiger partial charge >= 0.3 is 0 Å². The van der Waals surface area contributed by atoms with Crippen molar-refractivity contribution in [3.8, 4) is 0 Å². The minimum atomic E-state index is -0.332. The number of hydrogen-bond acceptors (Lipinski definition) is 2. The van der Waals surface area contributed by atoms with E-state index in [1.165, 1.54) is 6.07 Å². The van der Waals surface area contributed by atoms with E-state index in [-0.39, 0.29) is 16.4 Å². The van der Waals surface area contributed by atoms with Crippen LogP contribution in [-0.2, 0) is 6.54 Å². The summed E-state index contributed by atoms with van der Waals surface area (Å²) in [5.41, 5.74) is 1.09. The molecule has 1 saturated heterocycles. The molecule has 4 heteroatoms. The predicted molar refractivity (Wildman–Crippen MR) is 73.4 cm³/mol. The summed E-state index contributed by atoms with van der Waals surface area (Å²) in [6.07, 6.45) is 1.12. The van der Waals surface area contributed by atoms with Gasteiger partial charge in [0.1, 0.15) is 5.82 Å². The van der Waals surface area contributed by atoms with E-state index in [9.17, 15) is 4.39 Å². The van der Waals surface area contributed by atoms with E-state index < -0.39 is 0 Å². The fourth-order valence-electron chi connectivity index (χ4n) is 2.45. The largest absolute Gasteiger partial charge is 0.310 e. The molecular formula is C14H20ClFN2. The van der Waals surface area contributed by atoms with E-state index in [0.717, 1.165) is 38.2 Å². The number of nitrogens with zero attached hydrogens (tertiary/aromatic N) is 1. The minimum Gasteiger partial charge on any atom is -0.310 e. The van der Waals surface area contributed by atoms with Crippen molar-refractivity contribution in [1.29, 1.82) is 0 Å². The van der Waals surface area contributed by atoms with Crippen LogP contribution >= 0.6 is 11.6 Å². The maximum atomic E-state index is 13.4. The van der Waals surface area contributed by atoms with Crippen molar-refractivity contribution < 1.29 is 4.39 Å². The number of hydrogen-bond donors (Lipinski definition) is 1. The predicted octanol–water partition coefficient (Wildman–Crippen LogP) is 3.05. The zero-order valence-corrected chi connectivity index (χ0v) is 11.7. The van der Waals surface area contributed by atoms with Gasteiger partial charge in [-0.3, -0.25) is 4.90 Å². The van der Waals surface area contributed by atoms with Gasteiger partial charge in [0.25, 0.3) is 0 Å². The van der Waals surface area contributed by atoms with Crippen LogP contribution in [0.25, 0.3) is 0 Å². The summed E-state index contributed by atoms with van der Waals surface area (Å²) in [5.74, 6) is -0.332. The molecule has 0 amide bonds. The van der Waals surface area contributed by atoms with E-state index in [4.69, 9.17) is 11.6 Å². The van der Waals surface area contributed by atoms with Gasteiger partial charge in [-0.15, -0.1) is 0 Å². The van der Waals surface area contributed by atoms with Gasteiger partial charge in [0.05, 0.1) is 5.02 Å². The normalized spacial score (nSPS) is 20.7. The van der Waals surface area contributed by atoms with E-state index >= 15 is 0 Å². The average molecular weight is 271 g/mol. The molecule has 2 rings (SSSR count). The molecule has 2 nitrogen and oxygen atoms in total. The van der Waals surface area contributed by atoms with Crippen molar-refractivity contribution in [2.24, 2.45) is 0 Å². The van der Waals surface area contributed by atoms with Crippen molar-refractivity contribution in [2.75, 3.05) is 19.6 Å². The molecule has 0 spiro atoms. The molecule has 1 N–H and O–H groups in total. The number of rotatable bonds is 2. The first-order valence-corrected chi connectivity index (χ1v) is 6.75. The summed E-state index contributed by atoms with van der Waals surface area (Å²) in [5, 5.41) is 3.71. The number of halogens is 2. The monoisotopic (exact) mass is 270 g/mol. The Bertz CT molecular complexity index is 420. The smallest absolute Gasteiger partial charge is 0.142 e. The van der Waals surface area contributed by atoms with Crippen LogP contribution in [0.1, 0.15) is 25.8 Å². The summed E-state index contributed by atoms with van der Waals surface area (Å²) < 4.78 is 13.4. The van der Waals surface area contributed by atoms with Crippen molar-refractivity contribution in [2.45, 2.75) is 32.4 Å². The van der Waals surface area contributed by atoms with Crippen LogP contribution in [0.3, 0.4) is 0 Å². The second-order valence-corrected chi connectivity index (χ2v) is 6.03. The maximum Gasteiger partial charge on any atom is 0.142 e. The van der Waals surface area contributed by atoms with E-state index in [1.807, 2.05) is 6.07 Å². The quantitative estimate of drug-likeness (QED) is 0.889. The molecule has 0 saturated carbocycles. The highest BCUT2D eigenvalue weighted by molar-refractivity contribution is 6.30. The lowest BCUT2D eigenvalue weighted by atomic mass is 10.1. The standard InChI is InChI=1S/C14H20ClFN2/c1-14(2)10-18(7-3-6-17-14)9-11-4-5-12(15)13(16)8-11/h4-5,8,17H,3,6-7,9-10H2,1-2H3. The highest BCUT2D eigenvalue weighted by Gasteiger charge is 2.23. The summed E-state index contributed by atoms with van der Waals surface area (Å²) in [6, 6.07) is 5.07. The minimum absolute atomic E-state index is 0.113. The van der Waals surface area contributed by atoms with Crippen molar-refractivity contribution >= 4 is 11.6 Å². The fraction of sp³-hybridized carbons (Fsp3) is 0.571. The Morgan fingerprint density at radius 1 is 1.44 bits per heavy atom. The molecule has 0 unspecified atom stereocenters. The third-order valence-electron chi connectivity index (χ3n) is 3.26. The molecule has 0 aromatic heterocycles. The summed E-state index contributed by atoms with van der Waals surface area (Å²) >= 11 is 5.70. The van der Waals surface area contributed by atoms with Gasteiger partial charge < -0.3 is 5.32 Å². The number of benzene rings is 1. The molecule has 18 heavy (non-hydrogen) atoms. The first-order chi connectivity index (χ1) is 8.46. The lowest BCUT2D eigenvalue weighted by molar-refractivity contribution is 0.223. The van der Waals surface area contributed by atoms with Gasteiger partial charge in [-0.05, 0) is 51.1 Å². The zero-order chi connectivity index (χ0) is 13.2. The Hall–Kier alpha value is -0.640. The molecule has 1 fully saturated rings. The van der Waals surface area contributed by atoms with Crippen LogP contribution in [0.2, 0.25) is 5.02 Å². The lowest BCUT2D eigenvalue weighted by Crippen LogP contribution is -2.46. The Balaban J connectivity index is 2.05. The Kier molecular flexibility index (Phi) is 4.25. The van der Waals surface area contributed by atoms with Crippen LogP contribution in [0.4, 0.5) is 4.39 Å². The van der Waals surface area contributed by atoms with Crippen molar-refractivity contribution in [1.82, 2.24) is 10.2 Å². The van der Waals surface area contributed by atoms with Crippen LogP contribution in [0.5, 0.6) is 0 Å². The summed E-state index contributed by atoms with van der Waals surface area (Å²) in [7, 11) is 0. The molecule has 0 bridgehead atoms. The third kappa shape index (κ3) is 3.67. The van der Waals surface area contributed by atoms with Gasteiger partial charge in [0.15, 0.2) is 0 Å². The Labute approximate surface area is 113 Å². The SMILES string of the molecule is CC1(C)CN(Cc2ccc(Cl)c(F)c2)CCCN1. The van der Waals surface area contributed by atoms with Gasteiger partial charge in [-0.1, -0.05) is 17.7 Å². The summed E-state index contributed by atoms with van der Waals surface area (Å²) in [4.78, 5) is 2.36. The Morgan fingerprint density at radius 2 is 2.22 bits per heavy atom. The molecule has 1 heterocycles. The van der Waals surface area contributed by atoms with E-state index in [1.54, 1.807) is 6.07 Å². The Morgan fingerprint density at radius 3 is 2.94 bits per heavy atom. The van der Waals surface area contributed by atoms with Crippen molar-refractivity contribution in [3.63, 3.8) is 0 Å². The molecule has 1 aliphatic rings. The van der Waals surface area contributed by atoms with Gasteiger partial charge in [0, 0.05) is 18.6 Å². The van der Waals surface area contributed by atoms with Crippen LogP contribution in [0, 0.1) is 5.82 Å². The molecule has 1 aliphatic heterocycles. The van der Waals surface area contributed by atoms with Crippen LogP contribution in [-0.4, -0.2) is 30.1 Å². The molecule has 100 valence electrons. The van der Waals surface area contributed by atoms with Gasteiger partial charge in [-0.2, -0.15) is 0 Å². The molecule has 0 radical (unpaired) electrons. The fourth-order valence-corrected chi connectivity index (χ4v) is 2.57. The van der Waals surface area contributed by atoms with E-state index in [2.05, 4.69) is 24.1 Å². The second-order valence-electron chi connectivity index (χ2n) is 5.62. The molecule has 1 aromatic carbocycles. The molecular weight excluding hydrogens is 251 g/mol. The topological polar surface area (TPSA) is 15.3 Å². The molecule has 0 aliphatic carbocycles. The van der Waals surface area contributed by atoms with Gasteiger partial charge in [0.2, 0.25) is 0 Å². The average Bonchev–Trinajstić information content (AvgIpc) is 2.44. The highest BCUT2D eigenvalue weighted by Crippen LogP contribution is 2.18. The highest BCUT2D eigenvalue weighted by atomic mass is 35.5. The maximum absolute atomic E-state index is 13.4. The first kappa shape index (κ1) is 13.8. The lowest BCUT2D eigenvalue weighted by Gasteiger charge is -2.30. The first-order valence-electron chi connectivity index (χ1n) is 6.38. The van der Waals surface area contributed by atoms with Crippen molar-refractivity contribution in [3.05, 3.63) is 34.6 Å². The van der Waals surface area contributed by atoms with Crippen LogP contribution in [0.15, 0.2) is 18.2 Å². The molecule has 1 aromatic rings.